The van der Waals surface area contributed by atoms with Crippen LogP contribution in [0.4, 0.5) is 10.5 Å². The summed E-state index contributed by atoms with van der Waals surface area (Å²) in [6.45, 7) is 3.59. The average Bonchev–Trinajstić information content (AvgIpc) is 2.85. The van der Waals surface area contributed by atoms with E-state index in [1.807, 2.05) is 36.6 Å². The third kappa shape index (κ3) is 3.79. The molecule has 3 N–H and O–H groups in total. The van der Waals surface area contributed by atoms with Crippen LogP contribution >= 0.6 is 11.3 Å². The van der Waals surface area contributed by atoms with Gasteiger partial charge in [0.05, 0.1) is 12.6 Å². The Morgan fingerprint density at radius 2 is 2.30 bits per heavy atom. The molecule has 5 nitrogen and oxygen atoms in total. The molecule has 1 unspecified atom stereocenters. The van der Waals surface area contributed by atoms with E-state index in [0.29, 0.717) is 5.69 Å². The number of amides is 2. The number of nitrogens with zero attached hydrogens (tertiary/aromatic N) is 1. The molecule has 0 saturated heterocycles. The van der Waals surface area contributed by atoms with Crippen LogP contribution in [0.2, 0.25) is 0 Å². The maximum Gasteiger partial charge on any atom is 0.319 e. The molecule has 0 bridgehead atoms. The molecule has 2 amide bonds. The number of benzene rings is 1. The lowest BCUT2D eigenvalue weighted by atomic mass is 10.2. The Kier molecular flexibility index (Phi) is 4.70. The van der Waals surface area contributed by atoms with E-state index in [9.17, 15) is 4.79 Å². The van der Waals surface area contributed by atoms with Gasteiger partial charge in [-0.1, -0.05) is 12.1 Å². The summed E-state index contributed by atoms with van der Waals surface area (Å²) in [5, 5.41) is 17.2. The van der Waals surface area contributed by atoms with E-state index in [1.54, 1.807) is 18.3 Å². The van der Waals surface area contributed by atoms with Crippen LogP contribution in [-0.2, 0) is 0 Å². The maximum absolute atomic E-state index is 11.7. The Morgan fingerprint density at radius 1 is 1.50 bits per heavy atom. The van der Waals surface area contributed by atoms with Gasteiger partial charge in [0.1, 0.15) is 5.01 Å². The predicted molar refractivity (Wildman–Crippen MR) is 81.0 cm³/mol. The number of aliphatic hydroxyl groups is 1. The molecule has 0 aliphatic heterocycles. The van der Waals surface area contributed by atoms with Crippen molar-refractivity contribution in [2.75, 3.05) is 11.9 Å². The van der Waals surface area contributed by atoms with Gasteiger partial charge in [0.2, 0.25) is 0 Å². The minimum atomic E-state index is -0.334. The summed E-state index contributed by atoms with van der Waals surface area (Å²) in [6, 6.07) is 6.91. The van der Waals surface area contributed by atoms with Crippen molar-refractivity contribution in [3.8, 4) is 10.6 Å². The Morgan fingerprint density at radius 3 is 2.95 bits per heavy atom. The van der Waals surface area contributed by atoms with Gasteiger partial charge < -0.3 is 15.7 Å². The number of thiazole rings is 1. The number of hydrogen-bond acceptors (Lipinski definition) is 4. The van der Waals surface area contributed by atoms with Crippen LogP contribution < -0.4 is 10.6 Å². The Bertz CT molecular complexity index is 598. The van der Waals surface area contributed by atoms with E-state index in [0.717, 1.165) is 16.3 Å². The quantitative estimate of drug-likeness (QED) is 0.810. The molecule has 1 aromatic heterocycles. The lowest BCUT2D eigenvalue weighted by Gasteiger charge is -2.12. The standard InChI is InChI=1S/C14H17N3O2S/c1-9(7-18)16-14(19)17-12-5-3-4-11(6-12)13-15-10(2)8-20-13/h3-6,8-9,18H,7H2,1-2H3,(H2,16,17,19). The molecular weight excluding hydrogens is 274 g/mol. The van der Waals surface area contributed by atoms with Crippen LogP contribution in [0.1, 0.15) is 12.6 Å². The highest BCUT2D eigenvalue weighted by Crippen LogP contribution is 2.25. The fourth-order valence-corrected chi connectivity index (χ4v) is 2.45. The van der Waals surface area contributed by atoms with Gasteiger partial charge in [-0.3, -0.25) is 0 Å². The zero-order valence-corrected chi connectivity index (χ0v) is 12.2. The van der Waals surface area contributed by atoms with Crippen LogP contribution in [-0.4, -0.2) is 28.8 Å². The summed E-state index contributed by atoms with van der Waals surface area (Å²) in [6.07, 6.45) is 0. The van der Waals surface area contributed by atoms with Crippen LogP contribution in [0.3, 0.4) is 0 Å². The largest absolute Gasteiger partial charge is 0.394 e. The lowest BCUT2D eigenvalue weighted by molar-refractivity contribution is 0.229. The normalized spacial score (nSPS) is 11.9. The maximum atomic E-state index is 11.7. The van der Waals surface area contributed by atoms with E-state index in [-0.39, 0.29) is 18.7 Å². The predicted octanol–water partition coefficient (Wildman–Crippen LogP) is 2.62. The molecule has 2 aromatic rings. The second-order valence-corrected chi connectivity index (χ2v) is 5.42. The monoisotopic (exact) mass is 291 g/mol. The first-order chi connectivity index (χ1) is 9.58. The van der Waals surface area contributed by atoms with Crippen molar-refractivity contribution in [1.29, 1.82) is 0 Å². The van der Waals surface area contributed by atoms with Crippen molar-refractivity contribution in [3.63, 3.8) is 0 Å². The van der Waals surface area contributed by atoms with Crippen molar-refractivity contribution in [2.24, 2.45) is 0 Å². The van der Waals surface area contributed by atoms with Gasteiger partial charge >= 0.3 is 6.03 Å². The summed E-state index contributed by atoms with van der Waals surface area (Å²) in [4.78, 5) is 16.1. The molecule has 1 heterocycles. The van der Waals surface area contributed by atoms with Gasteiger partial charge in [0, 0.05) is 22.3 Å². The Labute approximate surface area is 121 Å². The molecule has 0 saturated carbocycles. The summed E-state index contributed by atoms with van der Waals surface area (Å²) >= 11 is 1.57. The van der Waals surface area contributed by atoms with Crippen LogP contribution in [0.15, 0.2) is 29.6 Å². The molecule has 0 aliphatic carbocycles. The van der Waals surface area contributed by atoms with Gasteiger partial charge in [0.25, 0.3) is 0 Å². The third-order valence-corrected chi connectivity index (χ3v) is 3.65. The van der Waals surface area contributed by atoms with Gasteiger partial charge in [-0.15, -0.1) is 11.3 Å². The zero-order chi connectivity index (χ0) is 14.5. The first-order valence-corrected chi connectivity index (χ1v) is 7.17. The van der Waals surface area contributed by atoms with Crippen molar-refractivity contribution in [2.45, 2.75) is 19.9 Å². The number of rotatable bonds is 4. The Hall–Kier alpha value is -1.92. The summed E-state index contributed by atoms with van der Waals surface area (Å²) < 4.78 is 0. The number of aromatic nitrogens is 1. The first kappa shape index (κ1) is 14.5. The number of nitrogens with one attached hydrogen (secondary N) is 2. The number of carbonyl (C=O) groups excluding carboxylic acids is 1. The SMILES string of the molecule is Cc1csc(-c2cccc(NC(=O)NC(C)CO)c2)n1. The van der Waals surface area contributed by atoms with E-state index in [2.05, 4.69) is 15.6 Å². The van der Waals surface area contributed by atoms with Crippen LogP contribution in [0, 0.1) is 6.92 Å². The van der Waals surface area contributed by atoms with Gasteiger partial charge in [0.15, 0.2) is 0 Å². The topological polar surface area (TPSA) is 74.2 Å². The lowest BCUT2D eigenvalue weighted by Crippen LogP contribution is -2.38. The van der Waals surface area contributed by atoms with Crippen molar-refractivity contribution in [3.05, 3.63) is 35.3 Å². The first-order valence-electron chi connectivity index (χ1n) is 6.29. The van der Waals surface area contributed by atoms with E-state index in [1.165, 1.54) is 0 Å². The smallest absolute Gasteiger partial charge is 0.319 e. The van der Waals surface area contributed by atoms with Crippen molar-refractivity contribution >= 4 is 23.1 Å². The molecule has 0 aliphatic rings. The molecule has 1 atom stereocenters. The number of anilines is 1. The molecule has 6 heteroatoms. The summed E-state index contributed by atoms with van der Waals surface area (Å²) in [5.41, 5.74) is 2.65. The van der Waals surface area contributed by atoms with Crippen molar-refractivity contribution in [1.82, 2.24) is 10.3 Å². The molecule has 1 aromatic carbocycles. The number of carbonyl (C=O) groups is 1. The highest BCUT2D eigenvalue weighted by Gasteiger charge is 2.08. The molecule has 0 radical (unpaired) electrons. The molecule has 20 heavy (non-hydrogen) atoms. The minimum Gasteiger partial charge on any atom is -0.394 e. The highest BCUT2D eigenvalue weighted by molar-refractivity contribution is 7.13. The zero-order valence-electron chi connectivity index (χ0n) is 11.4. The molecular formula is C14H17N3O2S. The van der Waals surface area contributed by atoms with Gasteiger partial charge in [-0.2, -0.15) is 0 Å². The summed E-state index contributed by atoms with van der Waals surface area (Å²) in [5.74, 6) is 0. The van der Waals surface area contributed by atoms with Crippen molar-refractivity contribution < 1.29 is 9.90 Å². The molecule has 2 rings (SSSR count). The van der Waals surface area contributed by atoms with E-state index in [4.69, 9.17) is 5.11 Å². The average molecular weight is 291 g/mol. The highest BCUT2D eigenvalue weighted by atomic mass is 32.1. The number of urea groups is 1. The fourth-order valence-electron chi connectivity index (χ4n) is 1.65. The van der Waals surface area contributed by atoms with E-state index >= 15 is 0 Å². The summed E-state index contributed by atoms with van der Waals surface area (Å²) in [7, 11) is 0. The molecule has 0 fully saturated rings. The Balaban J connectivity index is 2.08. The molecule has 106 valence electrons. The number of aryl methyl sites for hydroxylation is 1. The second-order valence-electron chi connectivity index (χ2n) is 4.56. The van der Waals surface area contributed by atoms with Gasteiger partial charge in [-0.05, 0) is 26.0 Å². The van der Waals surface area contributed by atoms with Crippen LogP contribution in [0.25, 0.3) is 10.6 Å². The third-order valence-electron chi connectivity index (χ3n) is 2.64. The van der Waals surface area contributed by atoms with Gasteiger partial charge in [-0.25, -0.2) is 9.78 Å². The minimum absolute atomic E-state index is 0.0914. The number of hydrogen-bond donors (Lipinski definition) is 3. The fraction of sp³-hybridized carbons (Fsp3) is 0.286. The van der Waals surface area contributed by atoms with E-state index < -0.39 is 0 Å². The second kappa shape index (κ2) is 6.49. The molecule has 0 spiro atoms. The number of aliphatic hydroxyl groups excluding tert-OH is 1. The van der Waals surface area contributed by atoms with Crippen LogP contribution in [0.5, 0.6) is 0 Å².